The van der Waals surface area contributed by atoms with Crippen molar-refractivity contribution in [1.82, 2.24) is 9.88 Å². The lowest BCUT2D eigenvalue weighted by Crippen LogP contribution is -2.38. The molecule has 1 aromatic carbocycles. The van der Waals surface area contributed by atoms with Crippen molar-refractivity contribution in [1.29, 1.82) is 0 Å². The number of hydrogen-bond acceptors (Lipinski definition) is 6. The fraction of sp³-hybridized carbons (Fsp3) is 0.500. The first kappa shape index (κ1) is 19.8. The van der Waals surface area contributed by atoms with Crippen molar-refractivity contribution in [2.75, 3.05) is 19.8 Å². The Bertz CT molecular complexity index is 763. The monoisotopic (exact) mass is 390 g/mol. The van der Waals surface area contributed by atoms with Gasteiger partial charge in [-0.15, -0.1) is 11.3 Å². The van der Waals surface area contributed by atoms with Gasteiger partial charge in [0.05, 0.1) is 22.7 Å². The molecule has 1 atom stereocenters. The molecule has 0 spiro atoms. The summed E-state index contributed by atoms with van der Waals surface area (Å²) in [6.45, 7) is 9.56. The van der Waals surface area contributed by atoms with Gasteiger partial charge in [-0.2, -0.15) is 0 Å². The summed E-state index contributed by atoms with van der Waals surface area (Å²) >= 11 is 1.63. The van der Waals surface area contributed by atoms with Gasteiger partial charge in [0, 0.05) is 13.1 Å². The van der Waals surface area contributed by atoms with Gasteiger partial charge in [0.2, 0.25) is 0 Å². The number of carbonyl (C=O) groups excluding carboxylic acids is 1. The highest BCUT2D eigenvalue weighted by Gasteiger charge is 2.25. The van der Waals surface area contributed by atoms with E-state index >= 15 is 0 Å². The van der Waals surface area contributed by atoms with E-state index in [-0.39, 0.29) is 12.4 Å². The average Bonchev–Trinajstić information content (AvgIpc) is 3.32. The van der Waals surface area contributed by atoms with Crippen LogP contribution in [0.15, 0.2) is 29.8 Å². The number of rotatable bonds is 7. The number of ether oxygens (including phenoxy) is 3. The maximum absolute atomic E-state index is 12.6. The molecule has 2 heterocycles. The molecule has 1 aromatic heterocycles. The Morgan fingerprint density at radius 3 is 2.59 bits per heavy atom. The zero-order valence-corrected chi connectivity index (χ0v) is 17.0. The summed E-state index contributed by atoms with van der Waals surface area (Å²) in [5, 5.41) is 0. The van der Waals surface area contributed by atoms with E-state index in [4.69, 9.17) is 14.2 Å². The predicted molar refractivity (Wildman–Crippen MR) is 105 cm³/mol. The standard InChI is InChI=1S/C20H26N2O4S/c1-14-18(27-13-21-14)16-7-5-15(6-8-16)11-22(9-10-24-17-12-25-17)19(23)26-20(2,3)4/h5-8,13,17H,9-12H2,1-4H3. The van der Waals surface area contributed by atoms with Crippen LogP contribution in [-0.2, 0) is 20.8 Å². The molecule has 146 valence electrons. The van der Waals surface area contributed by atoms with Gasteiger partial charge < -0.3 is 19.1 Å². The normalized spacial score (nSPS) is 16.2. The Labute approximate surface area is 164 Å². The predicted octanol–water partition coefficient (Wildman–Crippen LogP) is 4.23. The number of hydrogen-bond donors (Lipinski definition) is 0. The summed E-state index contributed by atoms with van der Waals surface area (Å²) in [5.41, 5.74) is 4.52. The zero-order valence-electron chi connectivity index (χ0n) is 16.2. The molecule has 0 radical (unpaired) electrons. The third-order valence-electron chi connectivity index (χ3n) is 3.95. The van der Waals surface area contributed by atoms with Gasteiger partial charge >= 0.3 is 6.09 Å². The molecule has 1 saturated heterocycles. The number of nitrogens with zero attached hydrogens (tertiary/aromatic N) is 2. The van der Waals surface area contributed by atoms with Gasteiger partial charge in [0.1, 0.15) is 12.2 Å². The molecule has 0 saturated carbocycles. The average molecular weight is 391 g/mol. The molecule has 6 nitrogen and oxygen atoms in total. The highest BCUT2D eigenvalue weighted by Crippen LogP contribution is 2.27. The Hall–Kier alpha value is -1.96. The first-order valence-corrected chi connectivity index (χ1v) is 9.90. The van der Waals surface area contributed by atoms with Crippen molar-refractivity contribution >= 4 is 17.4 Å². The molecular weight excluding hydrogens is 364 g/mol. The van der Waals surface area contributed by atoms with E-state index in [0.717, 1.165) is 16.8 Å². The van der Waals surface area contributed by atoms with Crippen LogP contribution in [0.3, 0.4) is 0 Å². The fourth-order valence-corrected chi connectivity index (χ4v) is 3.36. The van der Waals surface area contributed by atoms with E-state index in [9.17, 15) is 4.79 Å². The summed E-state index contributed by atoms with van der Waals surface area (Å²) in [5.74, 6) is 0. The topological polar surface area (TPSA) is 64.2 Å². The van der Waals surface area contributed by atoms with E-state index in [1.165, 1.54) is 4.88 Å². The van der Waals surface area contributed by atoms with Gasteiger partial charge in [-0.1, -0.05) is 24.3 Å². The lowest BCUT2D eigenvalue weighted by Gasteiger charge is -2.27. The molecule has 1 fully saturated rings. The minimum Gasteiger partial charge on any atom is -0.444 e. The van der Waals surface area contributed by atoms with Crippen LogP contribution in [0.5, 0.6) is 0 Å². The second kappa shape index (κ2) is 8.37. The fourth-order valence-electron chi connectivity index (χ4n) is 2.55. The van der Waals surface area contributed by atoms with Crippen LogP contribution in [0.1, 0.15) is 32.0 Å². The van der Waals surface area contributed by atoms with Crippen LogP contribution in [-0.4, -0.2) is 47.6 Å². The van der Waals surface area contributed by atoms with Crippen LogP contribution in [0.25, 0.3) is 10.4 Å². The first-order chi connectivity index (χ1) is 12.8. The van der Waals surface area contributed by atoms with E-state index < -0.39 is 5.60 Å². The van der Waals surface area contributed by atoms with E-state index in [1.54, 1.807) is 16.2 Å². The summed E-state index contributed by atoms with van der Waals surface area (Å²) in [4.78, 5) is 19.7. The minimum absolute atomic E-state index is 0.118. The van der Waals surface area contributed by atoms with Gasteiger partial charge in [0.15, 0.2) is 6.29 Å². The van der Waals surface area contributed by atoms with Crippen LogP contribution in [0, 0.1) is 6.92 Å². The number of benzene rings is 1. The maximum atomic E-state index is 12.6. The Morgan fingerprint density at radius 2 is 2.04 bits per heavy atom. The van der Waals surface area contributed by atoms with E-state index in [0.29, 0.717) is 26.3 Å². The van der Waals surface area contributed by atoms with Gasteiger partial charge in [-0.25, -0.2) is 9.78 Å². The first-order valence-electron chi connectivity index (χ1n) is 9.02. The van der Waals surface area contributed by atoms with Crippen LogP contribution in [0.2, 0.25) is 0 Å². The molecule has 2 aromatic rings. The summed E-state index contributed by atoms with van der Waals surface area (Å²) < 4.78 is 16.1. The Kier molecular flexibility index (Phi) is 6.14. The van der Waals surface area contributed by atoms with Gasteiger partial charge in [-0.3, -0.25) is 0 Å². The van der Waals surface area contributed by atoms with E-state index in [2.05, 4.69) is 17.1 Å². The van der Waals surface area contributed by atoms with Crippen LogP contribution in [0.4, 0.5) is 4.79 Å². The van der Waals surface area contributed by atoms with Crippen molar-refractivity contribution < 1.29 is 19.0 Å². The number of thiazole rings is 1. The second-order valence-corrected chi connectivity index (χ2v) is 8.35. The number of aryl methyl sites for hydroxylation is 1. The smallest absolute Gasteiger partial charge is 0.410 e. The molecule has 7 heteroatoms. The second-order valence-electron chi connectivity index (χ2n) is 7.50. The largest absolute Gasteiger partial charge is 0.444 e. The Morgan fingerprint density at radius 1 is 1.33 bits per heavy atom. The molecule has 0 N–H and O–H groups in total. The Balaban J connectivity index is 1.66. The van der Waals surface area contributed by atoms with Crippen molar-refractivity contribution in [3.8, 4) is 10.4 Å². The highest BCUT2D eigenvalue weighted by molar-refractivity contribution is 7.13. The van der Waals surface area contributed by atoms with Crippen LogP contribution < -0.4 is 0 Å². The number of carbonyl (C=O) groups is 1. The molecule has 1 aliphatic rings. The molecule has 1 unspecified atom stereocenters. The summed E-state index contributed by atoms with van der Waals surface area (Å²) in [6, 6.07) is 8.21. The van der Waals surface area contributed by atoms with E-state index in [1.807, 2.05) is 45.3 Å². The van der Waals surface area contributed by atoms with Crippen molar-refractivity contribution in [2.45, 2.75) is 46.1 Å². The third-order valence-corrected chi connectivity index (χ3v) is 4.93. The lowest BCUT2D eigenvalue weighted by atomic mass is 10.1. The third kappa shape index (κ3) is 6.02. The van der Waals surface area contributed by atoms with Crippen LogP contribution >= 0.6 is 11.3 Å². The molecule has 27 heavy (non-hydrogen) atoms. The lowest BCUT2D eigenvalue weighted by molar-refractivity contribution is 0.00467. The SMILES string of the molecule is Cc1ncsc1-c1ccc(CN(CCOC2CO2)C(=O)OC(C)(C)C)cc1. The minimum atomic E-state index is -0.538. The number of aromatic nitrogens is 1. The molecular formula is C20H26N2O4S. The molecule has 3 rings (SSSR count). The molecule has 0 aliphatic carbocycles. The molecule has 0 bridgehead atoms. The number of amides is 1. The van der Waals surface area contributed by atoms with Crippen molar-refractivity contribution in [3.63, 3.8) is 0 Å². The summed E-state index contributed by atoms with van der Waals surface area (Å²) in [7, 11) is 0. The summed E-state index contributed by atoms with van der Waals surface area (Å²) in [6.07, 6.45) is -0.461. The van der Waals surface area contributed by atoms with Gasteiger partial charge in [0.25, 0.3) is 0 Å². The van der Waals surface area contributed by atoms with Crippen molar-refractivity contribution in [3.05, 3.63) is 41.0 Å². The van der Waals surface area contributed by atoms with Crippen molar-refractivity contribution in [2.24, 2.45) is 0 Å². The quantitative estimate of drug-likeness (QED) is 0.662. The number of epoxide rings is 1. The molecule has 1 amide bonds. The molecule has 1 aliphatic heterocycles. The highest BCUT2D eigenvalue weighted by atomic mass is 32.1. The van der Waals surface area contributed by atoms with Gasteiger partial charge in [-0.05, 0) is 38.8 Å². The zero-order chi connectivity index (χ0) is 19.4. The maximum Gasteiger partial charge on any atom is 0.410 e.